The summed E-state index contributed by atoms with van der Waals surface area (Å²) in [6.45, 7) is 8.43. The van der Waals surface area contributed by atoms with Crippen molar-refractivity contribution in [2.75, 3.05) is 62.7 Å². The van der Waals surface area contributed by atoms with Crippen LogP contribution in [0.3, 0.4) is 0 Å². The number of carbonyl (C=O) groups excluding carboxylic acids is 2. The molecule has 2 saturated heterocycles. The van der Waals surface area contributed by atoms with Crippen LogP contribution in [0.4, 0.5) is 16.4 Å². The highest BCUT2D eigenvalue weighted by molar-refractivity contribution is 6.45. The fourth-order valence-electron chi connectivity index (χ4n) is 9.08. The maximum absolute atomic E-state index is 12.9. The van der Waals surface area contributed by atoms with Gasteiger partial charge < -0.3 is 64.6 Å². The van der Waals surface area contributed by atoms with Gasteiger partial charge in [0.15, 0.2) is 23.0 Å². The number of carboxylic acid groups (broad SMARTS) is 1. The number of amides is 1. The summed E-state index contributed by atoms with van der Waals surface area (Å²) >= 11 is 0. The topological polar surface area (TPSA) is 323 Å². The number of rotatable bonds is 13. The van der Waals surface area contributed by atoms with Crippen LogP contribution in [0, 0.1) is 0 Å². The molecule has 0 aliphatic carbocycles. The second kappa shape index (κ2) is 27.1. The van der Waals surface area contributed by atoms with Gasteiger partial charge in [0.1, 0.15) is 36.9 Å². The van der Waals surface area contributed by atoms with E-state index in [1.165, 1.54) is 21.8 Å². The third-order valence-corrected chi connectivity index (χ3v) is 13.3. The first kappa shape index (κ1) is 56.5. The van der Waals surface area contributed by atoms with Crippen molar-refractivity contribution in [1.82, 2.24) is 73.1 Å². The number of fused-ring (bicyclic) bond motifs is 2. The second-order valence-corrected chi connectivity index (χ2v) is 18.7. The van der Waals surface area contributed by atoms with Crippen molar-refractivity contribution in [2.45, 2.75) is 51.7 Å². The van der Waals surface area contributed by atoms with Crippen LogP contribution in [0.25, 0.3) is 11.9 Å². The van der Waals surface area contributed by atoms with Gasteiger partial charge in [-0.3, -0.25) is 27.9 Å². The van der Waals surface area contributed by atoms with Gasteiger partial charge in [0.25, 0.3) is 0 Å². The van der Waals surface area contributed by atoms with E-state index in [0.717, 1.165) is 28.4 Å². The minimum absolute atomic E-state index is 0.0202. The molecule has 0 saturated carbocycles. The number of aromatic nitrogens is 12. The van der Waals surface area contributed by atoms with Crippen LogP contribution in [-0.4, -0.2) is 180 Å². The van der Waals surface area contributed by atoms with Crippen molar-refractivity contribution in [3.8, 4) is 34.9 Å². The van der Waals surface area contributed by atoms with Gasteiger partial charge in [0, 0.05) is 121 Å². The van der Waals surface area contributed by atoms with E-state index in [9.17, 15) is 29.5 Å². The molecule has 2 atom stereocenters. The molecule has 420 valence electrons. The SMILES string of the molecule is CB(O)N1CCN(c2ccnc(-n3ccnc3)n2)C(CC(=O)NCc2ccc3c(c2)OCO3)C1.CB(O)N1CCN(c2ccnc(-n3ccnc3)n2)C(CC(=O)O)C1.NCc1ccc2c(c1)OCO2.O=C(n1ccnc1)n1ccnc1. The Morgan fingerprint density at radius 1 is 0.605 bits per heavy atom. The summed E-state index contributed by atoms with van der Waals surface area (Å²) in [5.41, 5.74) is 7.45. The highest BCUT2D eigenvalue weighted by Gasteiger charge is 2.34. The summed E-state index contributed by atoms with van der Waals surface area (Å²) < 4.78 is 27.2. The quantitative estimate of drug-likeness (QED) is 0.103. The number of carbonyl (C=O) groups is 3. The van der Waals surface area contributed by atoms with Crippen LogP contribution in [0.15, 0.2) is 136 Å². The maximum atomic E-state index is 12.9. The Hall–Kier alpha value is -9.22. The molecule has 6 N–H and O–H groups in total. The second-order valence-electron chi connectivity index (χ2n) is 18.7. The van der Waals surface area contributed by atoms with E-state index in [-0.39, 0.29) is 43.7 Å². The van der Waals surface area contributed by atoms with Gasteiger partial charge in [0.2, 0.25) is 31.4 Å². The van der Waals surface area contributed by atoms with Crippen LogP contribution in [0.1, 0.15) is 24.0 Å². The number of nitrogens with one attached hydrogen (secondary N) is 1. The monoisotopic (exact) mass is 1110 g/mol. The summed E-state index contributed by atoms with van der Waals surface area (Å²) in [5.74, 6) is 4.46. The predicted octanol–water partition coefficient (Wildman–Crippen LogP) is 1.91. The lowest BCUT2D eigenvalue weighted by atomic mass is 9.83. The predicted molar refractivity (Wildman–Crippen MR) is 294 cm³/mol. The summed E-state index contributed by atoms with van der Waals surface area (Å²) in [7, 11) is -1.19. The average molecular weight is 1110 g/mol. The van der Waals surface area contributed by atoms with Crippen molar-refractivity contribution in [2.24, 2.45) is 5.73 Å². The smallest absolute Gasteiger partial charge is 0.376 e. The zero-order chi connectivity index (χ0) is 56.7. The van der Waals surface area contributed by atoms with E-state index < -0.39 is 20.1 Å². The van der Waals surface area contributed by atoms with E-state index in [4.69, 9.17) is 29.7 Å². The Kier molecular flexibility index (Phi) is 18.9. The summed E-state index contributed by atoms with van der Waals surface area (Å²) in [6.07, 6.45) is 22.9. The van der Waals surface area contributed by atoms with Gasteiger partial charge in [-0.15, -0.1) is 0 Å². The summed E-state index contributed by atoms with van der Waals surface area (Å²) in [6, 6.07) is 14.4. The van der Waals surface area contributed by atoms with E-state index in [1.807, 2.05) is 57.0 Å². The van der Waals surface area contributed by atoms with Gasteiger partial charge in [-0.1, -0.05) is 12.1 Å². The summed E-state index contributed by atoms with van der Waals surface area (Å²) in [4.78, 5) is 76.8. The first-order chi connectivity index (χ1) is 39.4. The van der Waals surface area contributed by atoms with E-state index >= 15 is 0 Å². The van der Waals surface area contributed by atoms with Crippen LogP contribution in [0.5, 0.6) is 23.0 Å². The molecule has 12 rings (SSSR count). The molecule has 0 radical (unpaired) electrons. The van der Waals surface area contributed by atoms with Gasteiger partial charge in [-0.25, -0.2) is 34.7 Å². The minimum Gasteiger partial charge on any atom is -0.481 e. The highest BCUT2D eigenvalue weighted by Crippen LogP contribution is 2.33. The fourth-order valence-corrected chi connectivity index (χ4v) is 9.08. The van der Waals surface area contributed by atoms with Crippen LogP contribution in [-0.2, 0) is 22.7 Å². The Morgan fingerprint density at radius 2 is 1.07 bits per heavy atom. The molecule has 81 heavy (non-hydrogen) atoms. The number of nitrogens with zero attached hydrogens (tertiary/aromatic N) is 16. The van der Waals surface area contributed by atoms with Crippen LogP contribution in [0.2, 0.25) is 13.6 Å². The van der Waals surface area contributed by atoms with Crippen molar-refractivity contribution in [3.63, 3.8) is 0 Å². The van der Waals surface area contributed by atoms with E-state index in [1.54, 1.807) is 103 Å². The number of aliphatic carboxylic acids is 1. The van der Waals surface area contributed by atoms with Crippen molar-refractivity contribution >= 4 is 43.6 Å². The first-order valence-corrected chi connectivity index (χ1v) is 25.9. The van der Waals surface area contributed by atoms with Crippen molar-refractivity contribution < 1.29 is 48.5 Å². The zero-order valence-electron chi connectivity index (χ0n) is 44.4. The van der Waals surface area contributed by atoms with Gasteiger partial charge in [-0.05, 0) is 61.2 Å². The lowest BCUT2D eigenvalue weighted by molar-refractivity contribution is -0.137. The third kappa shape index (κ3) is 14.9. The Morgan fingerprint density at radius 3 is 1.53 bits per heavy atom. The molecule has 10 heterocycles. The highest BCUT2D eigenvalue weighted by atomic mass is 16.7. The van der Waals surface area contributed by atoms with Crippen LogP contribution < -0.4 is 39.8 Å². The fraction of sp³-hybridized carbons (Fsp3) is 0.314. The number of imidazole rings is 4. The minimum atomic E-state index is -0.874. The molecule has 4 aliphatic heterocycles. The lowest BCUT2D eigenvalue weighted by Crippen LogP contribution is -2.58. The molecule has 2 aromatic carbocycles. The molecule has 2 fully saturated rings. The molecule has 2 unspecified atom stereocenters. The van der Waals surface area contributed by atoms with Crippen molar-refractivity contribution in [3.05, 3.63) is 147 Å². The van der Waals surface area contributed by atoms with Gasteiger partial charge >= 0.3 is 26.1 Å². The number of ether oxygens (including phenoxy) is 4. The average Bonchev–Trinajstić information content (AvgIpc) is 4.37. The zero-order valence-corrected chi connectivity index (χ0v) is 44.4. The largest absolute Gasteiger partial charge is 0.481 e. The van der Waals surface area contributed by atoms with Crippen molar-refractivity contribution in [1.29, 1.82) is 0 Å². The number of benzene rings is 2. The molecule has 8 aromatic rings. The Balaban J connectivity index is 0.000000145. The van der Waals surface area contributed by atoms with E-state index in [2.05, 4.69) is 45.1 Å². The number of hydrogen-bond acceptors (Lipinski definition) is 22. The molecule has 30 heteroatoms. The number of piperazine rings is 2. The van der Waals surface area contributed by atoms with E-state index in [0.29, 0.717) is 88.4 Å². The lowest BCUT2D eigenvalue weighted by Gasteiger charge is -2.42. The first-order valence-electron chi connectivity index (χ1n) is 25.9. The molecule has 1 amide bonds. The molecular weight excluding hydrogens is 1050 g/mol. The molecule has 0 bridgehead atoms. The number of carboxylic acids is 1. The molecule has 28 nitrogen and oxygen atoms in total. The standard InChI is InChI=1S/C22H26BN7O4.C14H19BN6O3.C8H9NO2.C7H6N4O/c1-23(32)29-8-9-30(20-4-5-25-22(27-20)28-7-6-24-14-28)17(13-29)11-21(31)26-12-16-2-3-18-19(10-16)34-15-33-18;1-15(24)20-6-7-21(11(9-20)8-13(22)23)12-2-3-17-14(18-12)19-5-4-16-10-19;9-4-6-1-2-7-8(3-6)11-5-10-7;12-7(10-3-1-8-5-10)11-4-2-9-6-11/h2-7,10,14,17,32H,8-9,11-13,15H2,1H3,(H,26,31);2-5,10-11,24H,6-9H2,1H3,(H,22,23);1-3H,4-5,9H2;1-6H. The molecular formula is C51H60B2N18O10. The summed E-state index contributed by atoms with van der Waals surface area (Å²) in [5, 5.41) is 32.1. The molecule has 0 spiro atoms. The third-order valence-electron chi connectivity index (χ3n) is 13.3. The Labute approximate surface area is 465 Å². The normalized spacial score (nSPS) is 16.2. The van der Waals surface area contributed by atoms with Crippen LogP contribution >= 0.6 is 0 Å². The number of anilines is 2. The maximum Gasteiger partial charge on any atom is 0.376 e. The number of nitrogens with two attached hydrogens (primary N) is 1. The van der Waals surface area contributed by atoms with Gasteiger partial charge in [0.05, 0.1) is 18.5 Å². The number of hydrogen-bond donors (Lipinski definition) is 5. The van der Waals surface area contributed by atoms with Gasteiger partial charge in [-0.2, -0.15) is 9.97 Å². The molecule has 4 aliphatic rings. The Bertz CT molecular complexity index is 3250. The molecule has 6 aromatic heterocycles.